The van der Waals surface area contributed by atoms with Crippen molar-refractivity contribution in [3.8, 4) is 0 Å². The molecule has 2 aromatic rings. The minimum absolute atomic E-state index is 0.0359. The van der Waals surface area contributed by atoms with Gasteiger partial charge in [0.1, 0.15) is 0 Å². The molecule has 9 heteroatoms. The van der Waals surface area contributed by atoms with Gasteiger partial charge in [0.2, 0.25) is 5.91 Å². The van der Waals surface area contributed by atoms with Gasteiger partial charge in [0.05, 0.1) is 26.9 Å². The van der Waals surface area contributed by atoms with Crippen molar-refractivity contribution in [3.63, 3.8) is 0 Å². The Morgan fingerprint density at radius 2 is 2.04 bits per heavy atom. The Kier molecular flexibility index (Phi) is 7.24. The Balaban J connectivity index is 1.77. The van der Waals surface area contributed by atoms with Crippen LogP contribution in [-0.4, -0.2) is 22.8 Å². The fraction of sp³-hybridized carbons (Fsp3) is 0.125. The van der Waals surface area contributed by atoms with Crippen LogP contribution in [0.25, 0.3) is 0 Å². The molecule has 2 aromatic carbocycles. The van der Waals surface area contributed by atoms with Crippen LogP contribution in [0.1, 0.15) is 11.1 Å². The summed E-state index contributed by atoms with van der Waals surface area (Å²) in [6, 6.07) is 11.3. The Hall–Kier alpha value is -2.09. The van der Waals surface area contributed by atoms with E-state index in [0.29, 0.717) is 21.4 Å². The highest BCUT2D eigenvalue weighted by atomic mass is 35.5. The minimum Gasteiger partial charge on any atom is -0.272 e. The number of carbonyl (C=O) groups excluding carboxylic acids is 1. The summed E-state index contributed by atoms with van der Waals surface area (Å²) in [7, 11) is 0. The van der Waals surface area contributed by atoms with Gasteiger partial charge in [0.25, 0.3) is 5.69 Å². The van der Waals surface area contributed by atoms with Gasteiger partial charge >= 0.3 is 0 Å². The second kappa shape index (κ2) is 9.41. The van der Waals surface area contributed by atoms with Gasteiger partial charge in [-0.15, -0.1) is 11.8 Å². The van der Waals surface area contributed by atoms with Crippen molar-refractivity contribution in [2.75, 3.05) is 5.75 Å². The van der Waals surface area contributed by atoms with E-state index < -0.39 is 4.92 Å². The summed E-state index contributed by atoms with van der Waals surface area (Å²) in [4.78, 5) is 22.0. The van der Waals surface area contributed by atoms with Gasteiger partial charge in [0, 0.05) is 17.9 Å². The molecule has 6 nitrogen and oxygen atoms in total. The Morgan fingerprint density at radius 1 is 1.24 bits per heavy atom. The van der Waals surface area contributed by atoms with Crippen molar-refractivity contribution in [1.82, 2.24) is 5.43 Å². The van der Waals surface area contributed by atoms with E-state index in [-0.39, 0.29) is 17.3 Å². The molecule has 0 spiro atoms. The number of hydrazone groups is 1. The lowest BCUT2D eigenvalue weighted by Gasteiger charge is -2.02. The summed E-state index contributed by atoms with van der Waals surface area (Å²) in [5.41, 5.74) is 3.93. The maximum Gasteiger partial charge on any atom is 0.269 e. The van der Waals surface area contributed by atoms with E-state index in [2.05, 4.69) is 10.5 Å². The van der Waals surface area contributed by atoms with E-state index in [1.165, 1.54) is 30.1 Å². The summed E-state index contributed by atoms with van der Waals surface area (Å²) < 4.78 is 0. The SMILES string of the molecule is O=C(CSCc1cccc([N+](=O)[O-])c1)N/N=C\c1ccc(Cl)c(Cl)c1. The van der Waals surface area contributed by atoms with Crippen molar-refractivity contribution in [3.05, 3.63) is 73.8 Å². The third-order valence-electron chi connectivity index (χ3n) is 2.97. The average molecular weight is 398 g/mol. The maximum absolute atomic E-state index is 11.7. The van der Waals surface area contributed by atoms with Crippen LogP contribution in [0.5, 0.6) is 0 Å². The lowest BCUT2D eigenvalue weighted by Crippen LogP contribution is -2.19. The fourth-order valence-electron chi connectivity index (χ4n) is 1.83. The zero-order chi connectivity index (χ0) is 18.2. The number of halogens is 2. The summed E-state index contributed by atoms with van der Waals surface area (Å²) in [5.74, 6) is 0.402. The largest absolute Gasteiger partial charge is 0.272 e. The van der Waals surface area contributed by atoms with Crippen LogP contribution in [0.4, 0.5) is 5.69 Å². The molecule has 0 aliphatic carbocycles. The van der Waals surface area contributed by atoms with Crippen molar-refractivity contribution < 1.29 is 9.72 Å². The summed E-state index contributed by atoms with van der Waals surface area (Å²) >= 11 is 13.0. The minimum atomic E-state index is -0.446. The third kappa shape index (κ3) is 6.38. The van der Waals surface area contributed by atoms with Gasteiger partial charge in [-0.1, -0.05) is 41.4 Å². The predicted molar refractivity (Wildman–Crippen MR) is 101 cm³/mol. The normalized spacial score (nSPS) is 10.8. The lowest BCUT2D eigenvalue weighted by molar-refractivity contribution is -0.384. The second-order valence-corrected chi connectivity index (χ2v) is 6.69. The molecule has 0 aliphatic rings. The molecule has 0 saturated heterocycles. The molecular formula is C16H13Cl2N3O3S. The van der Waals surface area contributed by atoms with Gasteiger partial charge < -0.3 is 0 Å². The van der Waals surface area contributed by atoms with E-state index in [9.17, 15) is 14.9 Å². The molecule has 0 fully saturated rings. The van der Waals surface area contributed by atoms with Crippen LogP contribution < -0.4 is 5.43 Å². The van der Waals surface area contributed by atoms with E-state index >= 15 is 0 Å². The van der Waals surface area contributed by atoms with Gasteiger partial charge in [0.15, 0.2) is 0 Å². The second-order valence-electron chi connectivity index (χ2n) is 4.89. The number of rotatable bonds is 7. The molecule has 0 bridgehead atoms. The van der Waals surface area contributed by atoms with E-state index in [1.807, 2.05) is 0 Å². The van der Waals surface area contributed by atoms with Gasteiger partial charge in [-0.05, 0) is 23.3 Å². The molecule has 2 rings (SSSR count). The molecule has 1 N–H and O–H groups in total. The number of nitro groups is 1. The molecular weight excluding hydrogens is 385 g/mol. The van der Waals surface area contributed by atoms with E-state index in [0.717, 1.165) is 5.56 Å². The Labute approximate surface area is 158 Å². The first-order chi connectivity index (χ1) is 12.0. The first-order valence-corrected chi connectivity index (χ1v) is 8.95. The van der Waals surface area contributed by atoms with Crippen LogP contribution >= 0.6 is 35.0 Å². The van der Waals surface area contributed by atoms with Crippen molar-refractivity contribution in [2.24, 2.45) is 5.10 Å². The molecule has 0 aliphatic heterocycles. The molecule has 25 heavy (non-hydrogen) atoms. The summed E-state index contributed by atoms with van der Waals surface area (Å²) in [6.45, 7) is 0. The number of carbonyl (C=O) groups is 1. The van der Waals surface area contributed by atoms with Gasteiger partial charge in [-0.2, -0.15) is 5.10 Å². The zero-order valence-corrected chi connectivity index (χ0v) is 15.1. The van der Waals surface area contributed by atoms with Crippen LogP contribution in [0.15, 0.2) is 47.6 Å². The maximum atomic E-state index is 11.7. The van der Waals surface area contributed by atoms with Crippen molar-refractivity contribution in [1.29, 1.82) is 0 Å². The van der Waals surface area contributed by atoms with Crippen LogP contribution in [0, 0.1) is 10.1 Å². The lowest BCUT2D eigenvalue weighted by atomic mass is 10.2. The predicted octanol–water partition coefficient (Wildman–Crippen LogP) is 4.29. The number of hydrogen-bond acceptors (Lipinski definition) is 5. The van der Waals surface area contributed by atoms with Crippen molar-refractivity contribution in [2.45, 2.75) is 5.75 Å². The Morgan fingerprint density at radius 3 is 2.76 bits per heavy atom. The molecule has 0 radical (unpaired) electrons. The number of nitrogens with zero attached hydrogens (tertiary/aromatic N) is 2. The van der Waals surface area contributed by atoms with E-state index in [1.54, 1.807) is 30.3 Å². The smallest absolute Gasteiger partial charge is 0.269 e. The summed E-state index contributed by atoms with van der Waals surface area (Å²) in [5, 5.41) is 15.4. The molecule has 0 aromatic heterocycles. The Bertz CT molecular complexity index is 815. The van der Waals surface area contributed by atoms with Crippen LogP contribution in [0.2, 0.25) is 10.0 Å². The monoisotopic (exact) mass is 397 g/mol. The quantitative estimate of drug-likeness (QED) is 0.429. The number of thioether (sulfide) groups is 1. The molecule has 0 heterocycles. The number of nitro benzene ring substituents is 1. The molecule has 1 amide bonds. The number of amides is 1. The van der Waals surface area contributed by atoms with Crippen molar-refractivity contribution >= 4 is 52.8 Å². The number of nitrogens with one attached hydrogen (secondary N) is 1. The van der Waals surface area contributed by atoms with Gasteiger partial charge in [-0.25, -0.2) is 5.43 Å². The first-order valence-electron chi connectivity index (χ1n) is 7.04. The molecule has 130 valence electrons. The molecule has 0 unspecified atom stereocenters. The fourth-order valence-corrected chi connectivity index (χ4v) is 2.90. The highest BCUT2D eigenvalue weighted by Gasteiger charge is 2.06. The summed E-state index contributed by atoms with van der Waals surface area (Å²) in [6.07, 6.45) is 1.46. The zero-order valence-electron chi connectivity index (χ0n) is 12.8. The van der Waals surface area contributed by atoms with E-state index in [4.69, 9.17) is 23.2 Å². The highest BCUT2D eigenvalue weighted by Crippen LogP contribution is 2.21. The average Bonchev–Trinajstić information content (AvgIpc) is 2.58. The number of non-ortho nitro benzene ring substituents is 1. The topological polar surface area (TPSA) is 84.6 Å². The number of benzene rings is 2. The highest BCUT2D eigenvalue weighted by molar-refractivity contribution is 7.99. The van der Waals surface area contributed by atoms with Gasteiger partial charge in [-0.3, -0.25) is 14.9 Å². The van der Waals surface area contributed by atoms with Crippen LogP contribution in [-0.2, 0) is 10.5 Å². The molecule has 0 atom stereocenters. The third-order valence-corrected chi connectivity index (χ3v) is 4.71. The standard InChI is InChI=1S/C16H13Cl2N3O3S/c17-14-5-4-11(7-15(14)18)8-19-20-16(22)10-25-9-12-2-1-3-13(6-12)21(23)24/h1-8H,9-10H2,(H,20,22)/b19-8-. The van der Waals surface area contributed by atoms with Crippen LogP contribution in [0.3, 0.4) is 0 Å². The first kappa shape index (κ1) is 19.2. The number of hydrogen-bond donors (Lipinski definition) is 1. The molecule has 0 saturated carbocycles.